The van der Waals surface area contributed by atoms with Crippen molar-refractivity contribution in [2.45, 2.75) is 6.10 Å². The third-order valence-electron chi connectivity index (χ3n) is 4.00. The number of benzene rings is 2. The minimum atomic E-state index is -0.466. The first-order chi connectivity index (χ1) is 12.6. The van der Waals surface area contributed by atoms with E-state index in [0.29, 0.717) is 18.0 Å². The summed E-state index contributed by atoms with van der Waals surface area (Å²) in [5.41, 5.74) is 0.766. The Bertz CT molecular complexity index is 775. The molecule has 0 saturated carbocycles. The molecule has 0 aliphatic carbocycles. The van der Waals surface area contributed by atoms with Gasteiger partial charge in [0.1, 0.15) is 30.8 Å². The molecule has 1 atom stereocenters. The Morgan fingerprint density at radius 3 is 2.42 bits per heavy atom. The van der Waals surface area contributed by atoms with Gasteiger partial charge in [-0.15, -0.1) is 0 Å². The second-order valence-electron chi connectivity index (χ2n) is 5.70. The number of anilines is 1. The second-order valence-corrected chi connectivity index (χ2v) is 5.70. The molecule has 1 unspecified atom stereocenters. The summed E-state index contributed by atoms with van der Waals surface area (Å²) in [7, 11) is 1.58. The van der Waals surface area contributed by atoms with Gasteiger partial charge >= 0.3 is 0 Å². The van der Waals surface area contributed by atoms with E-state index in [-0.39, 0.29) is 30.9 Å². The fourth-order valence-electron chi connectivity index (χ4n) is 2.59. The molecule has 2 aromatic rings. The van der Waals surface area contributed by atoms with Gasteiger partial charge in [0.2, 0.25) is 0 Å². The lowest BCUT2D eigenvalue weighted by molar-refractivity contribution is -0.384. The zero-order chi connectivity index (χ0) is 18.5. The van der Waals surface area contributed by atoms with E-state index in [1.165, 1.54) is 24.3 Å². The number of hydrogen-bond acceptors (Lipinski definition) is 6. The number of hydrogen-bond donors (Lipinski definition) is 0. The number of carbonyl (C=O) groups is 1. The highest BCUT2D eigenvalue weighted by atomic mass is 16.6. The Kier molecular flexibility index (Phi) is 5.33. The molecular weight excluding hydrogens is 340 g/mol. The van der Waals surface area contributed by atoms with Gasteiger partial charge in [-0.1, -0.05) is 0 Å². The monoisotopic (exact) mass is 358 g/mol. The number of amides is 1. The van der Waals surface area contributed by atoms with Crippen LogP contribution in [0.15, 0.2) is 48.5 Å². The van der Waals surface area contributed by atoms with E-state index in [4.69, 9.17) is 14.2 Å². The van der Waals surface area contributed by atoms with Gasteiger partial charge in [0.05, 0.1) is 18.6 Å². The number of carbonyl (C=O) groups excluding carboxylic acids is 1. The van der Waals surface area contributed by atoms with Crippen LogP contribution in [0.3, 0.4) is 0 Å². The molecule has 1 fully saturated rings. The maximum atomic E-state index is 12.1. The van der Waals surface area contributed by atoms with Gasteiger partial charge in [0, 0.05) is 17.8 Å². The second kappa shape index (κ2) is 7.83. The van der Waals surface area contributed by atoms with Crippen LogP contribution in [0.5, 0.6) is 11.5 Å². The minimum absolute atomic E-state index is 0.00236. The van der Waals surface area contributed by atoms with Crippen molar-refractivity contribution in [3.05, 3.63) is 58.6 Å². The van der Waals surface area contributed by atoms with E-state index >= 15 is 0 Å². The SMILES string of the molecule is COc1ccc(N2CC(COc3ccc([N+](=O)[O-])cc3)OCC2=O)cc1. The predicted molar refractivity (Wildman–Crippen MR) is 93.7 cm³/mol. The molecule has 136 valence electrons. The van der Waals surface area contributed by atoms with Crippen molar-refractivity contribution in [1.29, 1.82) is 0 Å². The van der Waals surface area contributed by atoms with Gasteiger partial charge in [-0.05, 0) is 36.4 Å². The smallest absolute Gasteiger partial charge is 0.269 e. The normalized spacial score (nSPS) is 17.0. The van der Waals surface area contributed by atoms with Crippen LogP contribution in [0.2, 0.25) is 0 Å². The van der Waals surface area contributed by atoms with Crippen molar-refractivity contribution < 1.29 is 23.9 Å². The van der Waals surface area contributed by atoms with E-state index in [1.54, 1.807) is 24.1 Å². The first-order valence-electron chi connectivity index (χ1n) is 8.00. The van der Waals surface area contributed by atoms with E-state index in [1.807, 2.05) is 12.1 Å². The summed E-state index contributed by atoms with van der Waals surface area (Å²) in [5.74, 6) is 1.10. The molecule has 0 aromatic heterocycles. The summed E-state index contributed by atoms with van der Waals surface area (Å²) in [5, 5.41) is 10.7. The molecule has 3 rings (SSSR count). The predicted octanol–water partition coefficient (Wildman–Crippen LogP) is 2.41. The highest BCUT2D eigenvalue weighted by Crippen LogP contribution is 2.23. The minimum Gasteiger partial charge on any atom is -0.497 e. The lowest BCUT2D eigenvalue weighted by atomic mass is 10.2. The highest BCUT2D eigenvalue weighted by Gasteiger charge is 2.28. The number of nitro benzene ring substituents is 1. The number of nitro groups is 1. The molecule has 8 nitrogen and oxygen atoms in total. The fourth-order valence-corrected chi connectivity index (χ4v) is 2.59. The fraction of sp³-hybridized carbons (Fsp3) is 0.278. The standard InChI is InChI=1S/C18H18N2O6/c1-24-15-6-2-13(3-7-15)19-10-17(26-12-18(19)21)11-25-16-8-4-14(5-9-16)20(22)23/h2-9,17H,10-12H2,1H3. The van der Waals surface area contributed by atoms with Crippen LogP contribution in [0.1, 0.15) is 0 Å². The van der Waals surface area contributed by atoms with Gasteiger partial charge in [0.25, 0.3) is 11.6 Å². The van der Waals surface area contributed by atoms with Gasteiger partial charge in [0.15, 0.2) is 0 Å². The average molecular weight is 358 g/mol. The molecule has 0 bridgehead atoms. The largest absolute Gasteiger partial charge is 0.497 e. The first kappa shape index (κ1) is 17.7. The van der Waals surface area contributed by atoms with Crippen LogP contribution in [0, 0.1) is 10.1 Å². The van der Waals surface area contributed by atoms with Crippen molar-refractivity contribution in [3.8, 4) is 11.5 Å². The molecule has 1 aliphatic heterocycles. The zero-order valence-electron chi connectivity index (χ0n) is 14.2. The lowest BCUT2D eigenvalue weighted by Crippen LogP contribution is -2.48. The van der Waals surface area contributed by atoms with Crippen molar-refractivity contribution in [2.24, 2.45) is 0 Å². The molecular formula is C18H18N2O6. The summed E-state index contributed by atoms with van der Waals surface area (Å²) in [6.07, 6.45) is -0.301. The number of ether oxygens (including phenoxy) is 3. The zero-order valence-corrected chi connectivity index (χ0v) is 14.2. The molecule has 1 saturated heterocycles. The Morgan fingerprint density at radius 1 is 1.15 bits per heavy atom. The van der Waals surface area contributed by atoms with Crippen LogP contribution in [-0.2, 0) is 9.53 Å². The van der Waals surface area contributed by atoms with Crippen LogP contribution in [0.25, 0.3) is 0 Å². The molecule has 0 radical (unpaired) electrons. The summed E-state index contributed by atoms with van der Waals surface area (Å²) < 4.78 is 16.3. The average Bonchev–Trinajstić information content (AvgIpc) is 2.68. The maximum absolute atomic E-state index is 12.1. The van der Waals surface area contributed by atoms with Gasteiger partial charge in [-0.25, -0.2) is 0 Å². The van der Waals surface area contributed by atoms with Crippen molar-refractivity contribution in [2.75, 3.05) is 31.8 Å². The number of methoxy groups -OCH3 is 1. The van der Waals surface area contributed by atoms with E-state index in [2.05, 4.69) is 0 Å². The number of morpholine rings is 1. The van der Waals surface area contributed by atoms with Gasteiger partial charge in [-0.3, -0.25) is 14.9 Å². The summed E-state index contributed by atoms with van der Waals surface area (Å²) >= 11 is 0. The topological polar surface area (TPSA) is 91.1 Å². The van der Waals surface area contributed by atoms with E-state index in [9.17, 15) is 14.9 Å². The lowest BCUT2D eigenvalue weighted by Gasteiger charge is -2.32. The van der Waals surface area contributed by atoms with Gasteiger partial charge < -0.3 is 19.1 Å². The van der Waals surface area contributed by atoms with E-state index < -0.39 is 4.92 Å². The summed E-state index contributed by atoms with van der Waals surface area (Å²) in [6, 6.07) is 13.0. The third kappa shape index (κ3) is 4.09. The molecule has 1 aliphatic rings. The van der Waals surface area contributed by atoms with Crippen LogP contribution >= 0.6 is 0 Å². The molecule has 26 heavy (non-hydrogen) atoms. The molecule has 1 heterocycles. The Labute approximate surface area is 150 Å². The van der Waals surface area contributed by atoms with Crippen molar-refractivity contribution in [3.63, 3.8) is 0 Å². The van der Waals surface area contributed by atoms with Crippen LogP contribution < -0.4 is 14.4 Å². The number of nitrogens with zero attached hydrogens (tertiary/aromatic N) is 2. The van der Waals surface area contributed by atoms with Crippen molar-refractivity contribution >= 4 is 17.3 Å². The maximum Gasteiger partial charge on any atom is 0.269 e. The quantitative estimate of drug-likeness (QED) is 0.582. The summed E-state index contributed by atoms with van der Waals surface area (Å²) in [6.45, 7) is 0.566. The first-order valence-corrected chi connectivity index (χ1v) is 8.00. The molecule has 8 heteroatoms. The molecule has 2 aromatic carbocycles. The number of non-ortho nitro benzene ring substituents is 1. The molecule has 0 spiro atoms. The summed E-state index contributed by atoms with van der Waals surface area (Å²) in [4.78, 5) is 24.0. The Morgan fingerprint density at radius 2 is 1.81 bits per heavy atom. The van der Waals surface area contributed by atoms with Crippen molar-refractivity contribution in [1.82, 2.24) is 0 Å². The highest BCUT2D eigenvalue weighted by molar-refractivity contribution is 5.95. The Balaban J connectivity index is 1.60. The Hall–Kier alpha value is -3.13. The van der Waals surface area contributed by atoms with Gasteiger partial charge in [-0.2, -0.15) is 0 Å². The number of rotatable bonds is 6. The third-order valence-corrected chi connectivity index (χ3v) is 4.00. The molecule has 1 amide bonds. The van der Waals surface area contributed by atoms with Crippen LogP contribution in [-0.4, -0.2) is 43.8 Å². The molecule has 0 N–H and O–H groups in total. The van der Waals surface area contributed by atoms with E-state index in [0.717, 1.165) is 5.69 Å². The van der Waals surface area contributed by atoms with Crippen LogP contribution in [0.4, 0.5) is 11.4 Å².